The van der Waals surface area contributed by atoms with Gasteiger partial charge in [0.2, 0.25) is 0 Å². The Morgan fingerprint density at radius 2 is 2.11 bits per heavy atom. The van der Waals surface area contributed by atoms with E-state index in [4.69, 9.17) is 4.74 Å². The number of aryl methyl sites for hydroxylation is 1. The molecule has 0 spiro atoms. The van der Waals surface area contributed by atoms with Crippen molar-refractivity contribution in [3.8, 4) is 0 Å². The highest BCUT2D eigenvalue weighted by atomic mass is 16.5. The van der Waals surface area contributed by atoms with Crippen LogP contribution < -0.4 is 10.6 Å². The predicted octanol–water partition coefficient (Wildman–Crippen LogP) is 2.79. The van der Waals surface area contributed by atoms with Gasteiger partial charge >= 0.3 is 12.0 Å². The molecule has 27 heavy (non-hydrogen) atoms. The Labute approximate surface area is 159 Å². The summed E-state index contributed by atoms with van der Waals surface area (Å²) in [5, 5.41) is 10.3. The number of esters is 1. The van der Waals surface area contributed by atoms with Gasteiger partial charge in [0.1, 0.15) is 0 Å². The molecule has 0 saturated heterocycles. The normalized spacial score (nSPS) is 16.9. The molecule has 0 unspecified atom stereocenters. The monoisotopic (exact) mass is 370 g/mol. The number of carbonyl (C=O) groups is 2. The van der Waals surface area contributed by atoms with Crippen LogP contribution in [0.4, 0.5) is 4.79 Å². The molecule has 1 heterocycles. The molecule has 0 fully saturated rings. The lowest BCUT2D eigenvalue weighted by molar-refractivity contribution is -0.143. The fourth-order valence-electron chi connectivity index (χ4n) is 3.54. The molecule has 2 amide bonds. The summed E-state index contributed by atoms with van der Waals surface area (Å²) in [4.78, 5) is 24.6. The Morgan fingerprint density at radius 3 is 2.85 bits per heavy atom. The van der Waals surface area contributed by atoms with Crippen molar-refractivity contribution in [2.75, 3.05) is 6.61 Å². The Bertz CT molecular complexity index is 788. The quantitative estimate of drug-likeness (QED) is 0.766. The number of fused-ring (bicyclic) bond motifs is 1. The molecule has 0 radical (unpaired) electrons. The number of amides is 2. The van der Waals surface area contributed by atoms with Gasteiger partial charge in [0.05, 0.1) is 31.3 Å². The second-order valence-electron chi connectivity index (χ2n) is 6.71. The summed E-state index contributed by atoms with van der Waals surface area (Å²) in [6.45, 7) is 2.09. The summed E-state index contributed by atoms with van der Waals surface area (Å²) < 4.78 is 6.92. The molecule has 1 aromatic carbocycles. The molecule has 2 N–H and O–H groups in total. The van der Waals surface area contributed by atoms with Crippen LogP contribution in [0.25, 0.3) is 0 Å². The van der Waals surface area contributed by atoms with Gasteiger partial charge in [-0.05, 0) is 31.7 Å². The van der Waals surface area contributed by atoms with Crippen LogP contribution in [-0.2, 0) is 23.0 Å². The fourth-order valence-corrected chi connectivity index (χ4v) is 3.54. The average molecular weight is 370 g/mol. The van der Waals surface area contributed by atoms with Crippen molar-refractivity contribution in [1.29, 1.82) is 0 Å². The number of nitrogens with zero attached hydrogens (tertiary/aromatic N) is 2. The minimum Gasteiger partial charge on any atom is -0.466 e. The Morgan fingerprint density at radius 1 is 1.33 bits per heavy atom. The van der Waals surface area contributed by atoms with Crippen molar-refractivity contribution in [3.63, 3.8) is 0 Å². The number of aromatic nitrogens is 2. The van der Waals surface area contributed by atoms with Crippen molar-refractivity contribution in [2.45, 2.75) is 44.7 Å². The van der Waals surface area contributed by atoms with E-state index in [0.29, 0.717) is 6.61 Å². The van der Waals surface area contributed by atoms with Crippen molar-refractivity contribution in [2.24, 2.45) is 7.05 Å². The van der Waals surface area contributed by atoms with E-state index in [-0.39, 0.29) is 24.5 Å². The van der Waals surface area contributed by atoms with E-state index in [2.05, 4.69) is 15.7 Å². The van der Waals surface area contributed by atoms with E-state index in [9.17, 15) is 9.59 Å². The van der Waals surface area contributed by atoms with Gasteiger partial charge in [0, 0.05) is 18.3 Å². The van der Waals surface area contributed by atoms with Crippen molar-refractivity contribution in [1.82, 2.24) is 20.4 Å². The second kappa shape index (κ2) is 8.70. The molecule has 1 aliphatic rings. The SMILES string of the molecule is CCOC(=O)C[C@@H](NC(=O)N[C@H]1CCCc2c1cnn2C)c1ccccc1. The fraction of sp³-hybridized carbons (Fsp3) is 0.450. The zero-order valence-corrected chi connectivity index (χ0v) is 15.8. The highest BCUT2D eigenvalue weighted by Gasteiger charge is 2.26. The summed E-state index contributed by atoms with van der Waals surface area (Å²) >= 11 is 0. The van der Waals surface area contributed by atoms with E-state index in [1.54, 1.807) is 6.92 Å². The molecular weight excluding hydrogens is 344 g/mol. The van der Waals surface area contributed by atoms with E-state index in [1.807, 2.05) is 48.3 Å². The highest BCUT2D eigenvalue weighted by Crippen LogP contribution is 2.29. The molecule has 0 bridgehead atoms. The third kappa shape index (κ3) is 4.67. The molecule has 2 aromatic rings. The number of nitrogens with one attached hydrogen (secondary N) is 2. The van der Waals surface area contributed by atoms with Crippen molar-refractivity contribution < 1.29 is 14.3 Å². The van der Waals surface area contributed by atoms with Gasteiger partial charge in [-0.2, -0.15) is 5.10 Å². The van der Waals surface area contributed by atoms with Gasteiger partial charge in [-0.1, -0.05) is 30.3 Å². The summed E-state index contributed by atoms with van der Waals surface area (Å²) in [6, 6.07) is 8.65. The van der Waals surface area contributed by atoms with Crippen LogP contribution in [-0.4, -0.2) is 28.4 Å². The first-order valence-electron chi connectivity index (χ1n) is 9.36. The summed E-state index contributed by atoms with van der Waals surface area (Å²) in [5.41, 5.74) is 3.10. The van der Waals surface area contributed by atoms with Crippen molar-refractivity contribution in [3.05, 3.63) is 53.3 Å². The van der Waals surface area contributed by atoms with E-state index >= 15 is 0 Å². The topological polar surface area (TPSA) is 85.2 Å². The maximum atomic E-state index is 12.6. The van der Waals surface area contributed by atoms with Crippen LogP contribution in [0.1, 0.15) is 55.1 Å². The van der Waals surface area contributed by atoms with Gasteiger partial charge in [-0.15, -0.1) is 0 Å². The van der Waals surface area contributed by atoms with Crippen LogP contribution in [0.3, 0.4) is 0 Å². The molecule has 144 valence electrons. The van der Waals surface area contributed by atoms with Crippen LogP contribution in [0, 0.1) is 0 Å². The van der Waals surface area contributed by atoms with Crippen LogP contribution in [0.5, 0.6) is 0 Å². The number of rotatable bonds is 6. The molecule has 0 saturated carbocycles. The van der Waals surface area contributed by atoms with E-state index in [1.165, 1.54) is 0 Å². The zero-order chi connectivity index (χ0) is 19.2. The molecule has 1 aliphatic carbocycles. The maximum absolute atomic E-state index is 12.6. The molecule has 7 nitrogen and oxygen atoms in total. The molecule has 7 heteroatoms. The molecule has 1 aromatic heterocycles. The Kier molecular flexibility index (Phi) is 6.11. The Balaban J connectivity index is 1.68. The molecule has 2 atom stereocenters. The third-order valence-corrected chi connectivity index (χ3v) is 4.86. The first-order chi connectivity index (χ1) is 13.1. The number of ether oxygens (including phenoxy) is 1. The molecule has 3 rings (SSSR count). The number of benzene rings is 1. The molecule has 0 aliphatic heterocycles. The first kappa shape index (κ1) is 18.9. The third-order valence-electron chi connectivity index (χ3n) is 4.86. The number of hydrogen-bond donors (Lipinski definition) is 2. The van der Waals surface area contributed by atoms with Crippen LogP contribution >= 0.6 is 0 Å². The average Bonchev–Trinajstić information content (AvgIpc) is 3.04. The highest BCUT2D eigenvalue weighted by molar-refractivity contribution is 5.77. The lowest BCUT2D eigenvalue weighted by Gasteiger charge is -2.25. The largest absolute Gasteiger partial charge is 0.466 e. The minimum absolute atomic E-state index is 0.0681. The van der Waals surface area contributed by atoms with E-state index in [0.717, 1.165) is 36.1 Å². The summed E-state index contributed by atoms with van der Waals surface area (Å²) in [7, 11) is 1.92. The lowest BCUT2D eigenvalue weighted by Crippen LogP contribution is -2.41. The van der Waals surface area contributed by atoms with Gasteiger partial charge in [-0.25, -0.2) is 4.79 Å². The van der Waals surface area contributed by atoms with Crippen molar-refractivity contribution >= 4 is 12.0 Å². The standard InChI is InChI=1S/C20H26N4O3/c1-3-27-19(25)12-17(14-8-5-4-6-9-14)23-20(26)22-16-10-7-11-18-15(16)13-21-24(18)2/h4-6,8-9,13,16-17H,3,7,10-12H2,1-2H3,(H2,22,23,26)/t16-,17+/m0/s1. The number of hydrogen-bond acceptors (Lipinski definition) is 4. The van der Waals surface area contributed by atoms with Gasteiger partial charge in [0.15, 0.2) is 0 Å². The van der Waals surface area contributed by atoms with Gasteiger partial charge < -0.3 is 15.4 Å². The van der Waals surface area contributed by atoms with Gasteiger partial charge in [0.25, 0.3) is 0 Å². The predicted molar refractivity (Wildman–Crippen MR) is 101 cm³/mol. The van der Waals surface area contributed by atoms with E-state index < -0.39 is 6.04 Å². The minimum atomic E-state index is -0.442. The maximum Gasteiger partial charge on any atom is 0.315 e. The number of urea groups is 1. The summed E-state index contributed by atoms with van der Waals surface area (Å²) in [6.07, 6.45) is 4.77. The van der Waals surface area contributed by atoms with Crippen LogP contribution in [0.2, 0.25) is 0 Å². The van der Waals surface area contributed by atoms with Gasteiger partial charge in [-0.3, -0.25) is 9.48 Å². The Hall–Kier alpha value is -2.83. The smallest absolute Gasteiger partial charge is 0.315 e. The van der Waals surface area contributed by atoms with Crippen LogP contribution in [0.15, 0.2) is 36.5 Å². The first-order valence-corrected chi connectivity index (χ1v) is 9.36. The second-order valence-corrected chi connectivity index (χ2v) is 6.71. The summed E-state index contributed by atoms with van der Waals surface area (Å²) in [5.74, 6) is -0.334. The lowest BCUT2D eigenvalue weighted by atomic mass is 9.93. The molecular formula is C20H26N4O3. The number of carbonyl (C=O) groups excluding carboxylic acids is 2. The zero-order valence-electron chi connectivity index (χ0n) is 15.8.